The zero-order chi connectivity index (χ0) is 14.3. The Morgan fingerprint density at radius 3 is 2.58 bits per heavy atom. The Balaban J connectivity index is 2.68. The zero-order valence-electron chi connectivity index (χ0n) is 11.9. The smallest absolute Gasteiger partial charge is 0.133 e. The van der Waals surface area contributed by atoms with Crippen LogP contribution in [0.4, 0.5) is 0 Å². The fraction of sp³-hybridized carbons (Fsp3) is 0.600. The summed E-state index contributed by atoms with van der Waals surface area (Å²) in [4.78, 5) is 0. The van der Waals surface area contributed by atoms with Gasteiger partial charge in [0, 0.05) is 13.0 Å². The molecule has 2 atom stereocenters. The van der Waals surface area contributed by atoms with Crippen molar-refractivity contribution in [3.8, 4) is 5.75 Å². The molecule has 0 saturated carbocycles. The van der Waals surface area contributed by atoms with Crippen LogP contribution in [0.1, 0.15) is 32.3 Å². The summed E-state index contributed by atoms with van der Waals surface area (Å²) in [7, 11) is 1.64. The van der Waals surface area contributed by atoms with E-state index in [4.69, 9.17) is 9.47 Å². The molecule has 0 aromatic heterocycles. The van der Waals surface area contributed by atoms with Gasteiger partial charge in [-0.1, -0.05) is 19.4 Å². The average Bonchev–Trinajstić information content (AvgIpc) is 2.38. The van der Waals surface area contributed by atoms with Gasteiger partial charge < -0.3 is 14.6 Å². The standard InChI is InChI=1S/C15H23BrO3/c1-4-6-15(19-5-2)13(17)10-11-7-8-14(18-3)12(16)9-11/h7-9,13,15,17H,4-6,10H2,1-3H3. The van der Waals surface area contributed by atoms with Gasteiger partial charge in [0.2, 0.25) is 0 Å². The van der Waals surface area contributed by atoms with E-state index in [9.17, 15) is 5.11 Å². The van der Waals surface area contributed by atoms with Crippen LogP contribution in [0.3, 0.4) is 0 Å². The molecule has 0 fully saturated rings. The molecule has 0 aliphatic heterocycles. The lowest BCUT2D eigenvalue weighted by atomic mass is 10.0. The highest BCUT2D eigenvalue weighted by molar-refractivity contribution is 9.10. The maximum Gasteiger partial charge on any atom is 0.133 e. The quantitative estimate of drug-likeness (QED) is 0.791. The Kier molecular flexibility index (Phi) is 7.42. The van der Waals surface area contributed by atoms with Crippen LogP contribution in [-0.4, -0.2) is 31.0 Å². The number of methoxy groups -OCH3 is 1. The first-order valence-corrected chi connectivity index (χ1v) is 7.53. The molecular weight excluding hydrogens is 308 g/mol. The molecule has 0 spiro atoms. The van der Waals surface area contributed by atoms with Gasteiger partial charge in [-0.2, -0.15) is 0 Å². The van der Waals surface area contributed by atoms with Crippen molar-refractivity contribution in [1.82, 2.24) is 0 Å². The second-order valence-corrected chi connectivity index (χ2v) is 5.38. The van der Waals surface area contributed by atoms with E-state index >= 15 is 0 Å². The van der Waals surface area contributed by atoms with Gasteiger partial charge in [0.15, 0.2) is 0 Å². The van der Waals surface area contributed by atoms with Gasteiger partial charge in [0.1, 0.15) is 5.75 Å². The molecule has 0 bridgehead atoms. The number of hydrogen-bond acceptors (Lipinski definition) is 3. The van der Waals surface area contributed by atoms with Crippen molar-refractivity contribution in [3.63, 3.8) is 0 Å². The molecule has 1 aromatic carbocycles. The van der Waals surface area contributed by atoms with Crippen LogP contribution in [-0.2, 0) is 11.2 Å². The van der Waals surface area contributed by atoms with E-state index in [1.807, 2.05) is 25.1 Å². The highest BCUT2D eigenvalue weighted by Crippen LogP contribution is 2.26. The van der Waals surface area contributed by atoms with Gasteiger partial charge in [0.25, 0.3) is 0 Å². The van der Waals surface area contributed by atoms with Crippen LogP contribution >= 0.6 is 15.9 Å². The Hall–Kier alpha value is -0.580. The third kappa shape index (κ3) is 5.13. The van der Waals surface area contributed by atoms with E-state index in [1.54, 1.807) is 7.11 Å². The van der Waals surface area contributed by atoms with Crippen molar-refractivity contribution in [1.29, 1.82) is 0 Å². The van der Waals surface area contributed by atoms with Gasteiger partial charge in [-0.15, -0.1) is 0 Å². The molecule has 1 N–H and O–H groups in total. The lowest BCUT2D eigenvalue weighted by Gasteiger charge is -2.22. The van der Waals surface area contributed by atoms with Gasteiger partial charge in [-0.3, -0.25) is 0 Å². The second-order valence-electron chi connectivity index (χ2n) is 4.52. The molecule has 0 saturated heterocycles. The SMILES string of the molecule is CCCC(OCC)C(O)Cc1ccc(OC)c(Br)c1. The normalized spacial score (nSPS) is 14.2. The summed E-state index contributed by atoms with van der Waals surface area (Å²) < 4.78 is 11.7. The van der Waals surface area contributed by atoms with Crippen molar-refractivity contribution >= 4 is 15.9 Å². The van der Waals surface area contributed by atoms with Crippen LogP contribution in [0.15, 0.2) is 22.7 Å². The van der Waals surface area contributed by atoms with Gasteiger partial charge in [-0.05, 0) is 47.0 Å². The minimum atomic E-state index is -0.472. The zero-order valence-corrected chi connectivity index (χ0v) is 13.4. The lowest BCUT2D eigenvalue weighted by molar-refractivity contribution is -0.0363. The van der Waals surface area contributed by atoms with Crippen LogP contribution in [0.25, 0.3) is 0 Å². The highest BCUT2D eigenvalue weighted by atomic mass is 79.9. The minimum absolute atomic E-state index is 0.0872. The summed E-state index contributed by atoms with van der Waals surface area (Å²) in [6.07, 6.45) is 1.92. The average molecular weight is 331 g/mol. The van der Waals surface area contributed by atoms with E-state index in [2.05, 4.69) is 22.9 Å². The summed E-state index contributed by atoms with van der Waals surface area (Å²) in [6, 6.07) is 5.86. The number of halogens is 1. The Morgan fingerprint density at radius 1 is 1.32 bits per heavy atom. The van der Waals surface area contributed by atoms with Crippen LogP contribution < -0.4 is 4.74 Å². The number of rotatable bonds is 8. The van der Waals surface area contributed by atoms with Crippen molar-refractivity contribution in [3.05, 3.63) is 28.2 Å². The van der Waals surface area contributed by atoms with E-state index in [0.717, 1.165) is 28.6 Å². The van der Waals surface area contributed by atoms with Crippen molar-refractivity contribution in [2.24, 2.45) is 0 Å². The van der Waals surface area contributed by atoms with Gasteiger partial charge in [-0.25, -0.2) is 0 Å². The molecule has 108 valence electrons. The number of ether oxygens (including phenoxy) is 2. The maximum atomic E-state index is 10.3. The topological polar surface area (TPSA) is 38.7 Å². The number of benzene rings is 1. The molecular formula is C15H23BrO3. The fourth-order valence-corrected chi connectivity index (χ4v) is 2.68. The molecule has 0 heterocycles. The molecule has 2 unspecified atom stereocenters. The number of aliphatic hydroxyl groups is 1. The highest BCUT2D eigenvalue weighted by Gasteiger charge is 2.19. The largest absolute Gasteiger partial charge is 0.496 e. The molecule has 0 aliphatic carbocycles. The summed E-state index contributed by atoms with van der Waals surface area (Å²) in [5.74, 6) is 0.799. The Bertz CT molecular complexity index is 376. The maximum absolute atomic E-state index is 10.3. The second kappa shape index (κ2) is 8.56. The Labute approximate surface area is 124 Å². The molecule has 3 nitrogen and oxygen atoms in total. The van der Waals surface area contributed by atoms with E-state index < -0.39 is 6.10 Å². The summed E-state index contributed by atoms with van der Waals surface area (Å²) >= 11 is 3.46. The predicted molar refractivity (Wildman–Crippen MR) is 80.7 cm³/mol. The van der Waals surface area contributed by atoms with E-state index in [0.29, 0.717) is 13.0 Å². The molecule has 19 heavy (non-hydrogen) atoms. The van der Waals surface area contributed by atoms with E-state index in [1.165, 1.54) is 0 Å². The number of hydrogen-bond donors (Lipinski definition) is 1. The summed E-state index contributed by atoms with van der Waals surface area (Å²) in [6.45, 7) is 4.69. The van der Waals surface area contributed by atoms with Gasteiger partial charge >= 0.3 is 0 Å². The molecule has 1 rings (SSSR count). The molecule has 0 aliphatic rings. The van der Waals surface area contributed by atoms with Crippen LogP contribution in [0.2, 0.25) is 0 Å². The molecule has 0 amide bonds. The number of aliphatic hydroxyl groups excluding tert-OH is 1. The van der Waals surface area contributed by atoms with Crippen molar-refractivity contribution < 1.29 is 14.6 Å². The van der Waals surface area contributed by atoms with Crippen molar-refractivity contribution in [2.75, 3.05) is 13.7 Å². The fourth-order valence-electron chi connectivity index (χ4n) is 2.10. The monoisotopic (exact) mass is 330 g/mol. The third-order valence-corrected chi connectivity index (χ3v) is 3.66. The van der Waals surface area contributed by atoms with Crippen molar-refractivity contribution in [2.45, 2.75) is 45.3 Å². The van der Waals surface area contributed by atoms with Crippen LogP contribution in [0.5, 0.6) is 5.75 Å². The van der Waals surface area contributed by atoms with E-state index in [-0.39, 0.29) is 6.10 Å². The molecule has 1 aromatic rings. The lowest BCUT2D eigenvalue weighted by Crippen LogP contribution is -2.30. The van der Waals surface area contributed by atoms with Gasteiger partial charge in [0.05, 0.1) is 23.8 Å². The third-order valence-electron chi connectivity index (χ3n) is 3.04. The minimum Gasteiger partial charge on any atom is -0.496 e. The predicted octanol–water partition coefficient (Wildman–Crippen LogP) is 3.57. The Morgan fingerprint density at radius 2 is 2.05 bits per heavy atom. The summed E-state index contributed by atoms with van der Waals surface area (Å²) in [5, 5.41) is 10.3. The molecule has 0 radical (unpaired) electrons. The van der Waals surface area contributed by atoms with Crippen LogP contribution in [0, 0.1) is 0 Å². The first-order valence-electron chi connectivity index (χ1n) is 6.74. The first-order chi connectivity index (χ1) is 9.12. The summed E-state index contributed by atoms with van der Waals surface area (Å²) in [5.41, 5.74) is 1.07. The molecule has 4 heteroatoms. The first kappa shape index (κ1) is 16.5.